The average molecular weight is 691 g/mol. The molecule has 0 radical (unpaired) electrons. The maximum absolute atomic E-state index is 15.3. The molecule has 0 aromatic heterocycles. The van der Waals surface area contributed by atoms with E-state index in [4.69, 9.17) is 0 Å². The second-order valence-electron chi connectivity index (χ2n) is 11.8. The molecule has 0 bridgehead atoms. The number of hydrogen-bond acceptors (Lipinski definition) is 8. The Labute approximate surface area is 296 Å². The molecular weight excluding hydrogens is 664 g/mol. The molecule has 5 aromatic carbocycles. The molecule has 12 heteroatoms. The Morgan fingerprint density at radius 3 is 1.23 bits per heavy atom. The molecule has 2 fully saturated rings. The van der Waals surface area contributed by atoms with Gasteiger partial charge >= 0.3 is 12.1 Å². The van der Waals surface area contributed by atoms with E-state index < -0.39 is 59.1 Å². The first-order valence-electron chi connectivity index (χ1n) is 16.0. The average Bonchev–Trinajstić information content (AvgIpc) is 3.59. The van der Waals surface area contributed by atoms with Crippen molar-refractivity contribution in [3.63, 3.8) is 0 Å². The summed E-state index contributed by atoms with van der Waals surface area (Å²) in [5, 5.41) is 0. The van der Waals surface area contributed by atoms with Crippen LogP contribution in [0.25, 0.3) is 0 Å². The summed E-state index contributed by atoms with van der Waals surface area (Å²) in [6.45, 7) is 0. The van der Waals surface area contributed by atoms with Crippen molar-refractivity contribution in [2.45, 2.75) is 11.6 Å². The fourth-order valence-electron chi connectivity index (χ4n) is 6.52. The molecule has 2 aliphatic heterocycles. The van der Waals surface area contributed by atoms with Gasteiger partial charge in [-0.25, -0.2) is 19.4 Å². The highest BCUT2D eigenvalue weighted by molar-refractivity contribution is 6.32. The summed E-state index contributed by atoms with van der Waals surface area (Å²) < 4.78 is 0. The Kier molecular flexibility index (Phi) is 8.40. The van der Waals surface area contributed by atoms with E-state index in [1.54, 1.807) is 30.3 Å². The lowest BCUT2D eigenvalue weighted by atomic mass is 9.79. The van der Waals surface area contributed by atoms with Crippen LogP contribution in [0.5, 0.6) is 0 Å². The fraction of sp³-hybridized carbons (Fsp3) is 0.0500. The number of nitrogens with zero attached hydrogens (tertiary/aromatic N) is 4. The minimum atomic E-state index is -2.89. The van der Waals surface area contributed by atoms with Crippen molar-refractivity contribution in [2.24, 2.45) is 0 Å². The van der Waals surface area contributed by atoms with Crippen molar-refractivity contribution >= 4 is 47.5 Å². The van der Waals surface area contributed by atoms with Crippen molar-refractivity contribution in [1.29, 1.82) is 0 Å². The summed E-state index contributed by atoms with van der Waals surface area (Å²) in [5.41, 5.74) is -3.51. The molecule has 52 heavy (non-hydrogen) atoms. The van der Waals surface area contributed by atoms with E-state index in [-0.39, 0.29) is 37.6 Å². The highest BCUT2D eigenvalue weighted by Gasteiger charge is 2.73. The van der Waals surface area contributed by atoms with Crippen LogP contribution in [0, 0.1) is 0 Å². The molecule has 2 aliphatic rings. The molecular formula is C40H26N4O8. The van der Waals surface area contributed by atoms with Crippen LogP contribution in [0.15, 0.2) is 152 Å². The first kappa shape index (κ1) is 33.2. The van der Waals surface area contributed by atoms with Gasteiger partial charge in [0.05, 0.1) is 0 Å². The van der Waals surface area contributed by atoms with Gasteiger partial charge < -0.3 is 0 Å². The van der Waals surface area contributed by atoms with E-state index in [9.17, 15) is 33.6 Å². The number of amides is 10. The second-order valence-corrected chi connectivity index (χ2v) is 11.8. The third kappa shape index (κ3) is 5.09. The van der Waals surface area contributed by atoms with Gasteiger partial charge in [-0.05, 0) is 54.1 Å². The van der Waals surface area contributed by atoms with Gasteiger partial charge in [-0.15, -0.1) is 0 Å². The Morgan fingerprint density at radius 2 is 0.788 bits per heavy atom. The molecule has 2 saturated heterocycles. The Morgan fingerprint density at radius 1 is 0.423 bits per heavy atom. The van der Waals surface area contributed by atoms with Gasteiger partial charge in [0.2, 0.25) is 0 Å². The second kappa shape index (κ2) is 13.2. The zero-order valence-corrected chi connectivity index (χ0v) is 27.1. The first-order chi connectivity index (χ1) is 25.2. The van der Waals surface area contributed by atoms with Crippen LogP contribution in [0.4, 0.5) is 9.59 Å². The van der Waals surface area contributed by atoms with Gasteiger partial charge in [-0.1, -0.05) is 103 Å². The Bertz CT molecular complexity index is 2270. The van der Waals surface area contributed by atoms with Gasteiger partial charge in [-0.2, -0.15) is 9.80 Å². The van der Waals surface area contributed by atoms with E-state index in [0.29, 0.717) is 9.80 Å². The summed E-state index contributed by atoms with van der Waals surface area (Å²) in [7, 11) is 0. The van der Waals surface area contributed by atoms with Gasteiger partial charge in [-0.3, -0.25) is 28.8 Å². The molecule has 5 aromatic rings. The topological polar surface area (TPSA) is 150 Å². The number of benzene rings is 5. The monoisotopic (exact) mass is 690 g/mol. The largest absolute Gasteiger partial charge is 0.342 e. The van der Waals surface area contributed by atoms with E-state index in [2.05, 4.69) is 0 Å². The highest BCUT2D eigenvalue weighted by Crippen LogP contribution is 2.47. The number of rotatable bonds is 6. The lowest BCUT2D eigenvalue weighted by Gasteiger charge is -2.40. The predicted molar refractivity (Wildman–Crippen MR) is 183 cm³/mol. The smallest absolute Gasteiger partial charge is 0.271 e. The van der Waals surface area contributed by atoms with Crippen molar-refractivity contribution in [1.82, 2.24) is 19.6 Å². The SMILES string of the molecule is O=C(c1ccccc1)N1C(=O)[C@@H]([C@@]2(c3ccccc3)C(=O)N(C(=O)c3ccccc3)C(=O)N2C(=O)c2ccccc2)N(C(=O)c2ccccc2)C1=O. The summed E-state index contributed by atoms with van der Waals surface area (Å²) >= 11 is 0. The summed E-state index contributed by atoms with van der Waals surface area (Å²) in [5.74, 6) is -7.26. The van der Waals surface area contributed by atoms with Crippen molar-refractivity contribution in [2.75, 3.05) is 0 Å². The molecule has 0 saturated carbocycles. The molecule has 0 N–H and O–H groups in total. The van der Waals surface area contributed by atoms with Crippen molar-refractivity contribution < 1.29 is 38.4 Å². The predicted octanol–water partition coefficient (Wildman–Crippen LogP) is 5.14. The summed E-state index contributed by atoms with van der Waals surface area (Å²) in [4.78, 5) is 118. The van der Waals surface area contributed by atoms with Crippen LogP contribution in [-0.4, -0.2) is 73.1 Å². The van der Waals surface area contributed by atoms with Crippen LogP contribution in [-0.2, 0) is 15.1 Å². The third-order valence-corrected chi connectivity index (χ3v) is 8.89. The summed E-state index contributed by atoms with van der Waals surface area (Å²) in [6.07, 6.45) is 0. The van der Waals surface area contributed by atoms with Crippen LogP contribution >= 0.6 is 0 Å². The van der Waals surface area contributed by atoms with Gasteiger partial charge in [0.25, 0.3) is 35.4 Å². The van der Waals surface area contributed by atoms with E-state index in [1.807, 2.05) is 0 Å². The fourth-order valence-corrected chi connectivity index (χ4v) is 6.52. The van der Waals surface area contributed by atoms with Crippen LogP contribution < -0.4 is 0 Å². The Balaban J connectivity index is 1.53. The highest BCUT2D eigenvalue weighted by atomic mass is 16.2. The summed E-state index contributed by atoms with van der Waals surface area (Å²) in [6, 6.07) is 31.2. The number of hydrogen-bond donors (Lipinski definition) is 0. The normalized spacial score (nSPS) is 18.6. The number of imide groups is 8. The quantitative estimate of drug-likeness (QED) is 0.176. The maximum atomic E-state index is 15.3. The van der Waals surface area contributed by atoms with Crippen LogP contribution in [0.3, 0.4) is 0 Å². The van der Waals surface area contributed by atoms with Gasteiger partial charge in [0.15, 0.2) is 11.6 Å². The molecule has 0 aliphatic carbocycles. The lowest BCUT2D eigenvalue weighted by molar-refractivity contribution is -0.140. The molecule has 0 unspecified atom stereocenters. The zero-order valence-electron chi connectivity index (χ0n) is 27.1. The van der Waals surface area contributed by atoms with Crippen molar-refractivity contribution in [3.05, 3.63) is 179 Å². The lowest BCUT2D eigenvalue weighted by Crippen LogP contribution is -2.64. The zero-order chi connectivity index (χ0) is 36.6. The molecule has 0 spiro atoms. The van der Waals surface area contributed by atoms with Crippen molar-refractivity contribution in [3.8, 4) is 0 Å². The first-order valence-corrected chi connectivity index (χ1v) is 16.0. The van der Waals surface area contributed by atoms with Crippen LogP contribution in [0.2, 0.25) is 0 Å². The molecule has 254 valence electrons. The molecule has 10 amide bonds. The third-order valence-electron chi connectivity index (χ3n) is 8.89. The molecule has 2 heterocycles. The number of carbonyl (C=O) groups is 8. The minimum absolute atomic E-state index is 0.0994. The van der Waals surface area contributed by atoms with Crippen LogP contribution in [0.1, 0.15) is 47.0 Å². The van der Waals surface area contributed by atoms with Gasteiger partial charge in [0.1, 0.15) is 0 Å². The molecule has 7 rings (SSSR count). The number of carbonyl (C=O) groups excluding carboxylic acids is 8. The number of urea groups is 2. The van der Waals surface area contributed by atoms with E-state index in [0.717, 1.165) is 0 Å². The van der Waals surface area contributed by atoms with E-state index in [1.165, 1.54) is 121 Å². The van der Waals surface area contributed by atoms with E-state index >= 15 is 4.79 Å². The molecule has 2 atom stereocenters. The standard InChI is InChI=1S/C40H26N4O8/c45-32(26-16-6-1-7-17-26)41-31(36(49)42(38(41)51)33(46)27-18-8-2-9-19-27)40(30-24-14-5-15-25-30)37(50)43(34(47)28-20-10-3-11-21-28)39(52)44(40)35(48)29-22-12-4-13-23-29/h1-25,31H/t31-,40-/m0/s1. The molecule has 12 nitrogen and oxygen atoms in total. The van der Waals surface area contributed by atoms with Gasteiger partial charge in [0, 0.05) is 22.3 Å². The minimum Gasteiger partial charge on any atom is -0.271 e. The maximum Gasteiger partial charge on any atom is 0.342 e. The Hall–Kier alpha value is -7.34.